The van der Waals surface area contributed by atoms with Crippen molar-refractivity contribution < 1.29 is 5.11 Å². The van der Waals surface area contributed by atoms with Crippen molar-refractivity contribution in [2.24, 2.45) is 0 Å². The zero-order valence-electron chi connectivity index (χ0n) is 9.87. The van der Waals surface area contributed by atoms with Gasteiger partial charge in [-0.2, -0.15) is 0 Å². The normalized spacial score (nSPS) is 21.8. The molecule has 0 saturated heterocycles. The van der Waals surface area contributed by atoms with E-state index in [0.29, 0.717) is 6.61 Å². The Labute approximate surface area is 96.9 Å². The molecule has 2 nitrogen and oxygen atoms in total. The van der Waals surface area contributed by atoms with Gasteiger partial charge in [0, 0.05) is 24.7 Å². The summed E-state index contributed by atoms with van der Waals surface area (Å²) in [6.07, 6.45) is 4.72. The van der Waals surface area contributed by atoms with Gasteiger partial charge in [0.1, 0.15) is 0 Å². The fraction of sp³-hybridized carbons (Fsp3) is 0.571. The number of aliphatic hydroxyl groups is 1. The zero-order valence-corrected chi connectivity index (χ0v) is 9.87. The molecule has 0 radical (unpaired) electrons. The summed E-state index contributed by atoms with van der Waals surface area (Å²) in [4.78, 5) is 2.31. The Balaban J connectivity index is 1.98. The third-order valence-electron chi connectivity index (χ3n) is 4.43. The van der Waals surface area contributed by atoms with Crippen molar-refractivity contribution in [1.29, 1.82) is 0 Å². The Hall–Kier alpha value is -1.02. The molecule has 1 heterocycles. The van der Waals surface area contributed by atoms with E-state index in [1.54, 1.807) is 0 Å². The second-order valence-electron chi connectivity index (χ2n) is 5.31. The number of hydrogen-bond donors (Lipinski definition) is 1. The van der Waals surface area contributed by atoms with Gasteiger partial charge in [0.2, 0.25) is 0 Å². The number of anilines is 1. The summed E-state index contributed by atoms with van der Waals surface area (Å²) >= 11 is 0. The van der Waals surface area contributed by atoms with Crippen molar-refractivity contribution in [3.8, 4) is 0 Å². The van der Waals surface area contributed by atoms with E-state index in [2.05, 4.69) is 30.1 Å². The predicted molar refractivity (Wildman–Crippen MR) is 66.0 cm³/mol. The molecule has 0 aromatic heterocycles. The third kappa shape index (κ3) is 1.29. The minimum Gasteiger partial charge on any atom is -0.395 e. The van der Waals surface area contributed by atoms with Gasteiger partial charge in [-0.1, -0.05) is 18.6 Å². The van der Waals surface area contributed by atoms with E-state index >= 15 is 0 Å². The smallest absolute Gasteiger partial charge is 0.0527 e. The lowest BCUT2D eigenvalue weighted by atomic mass is 9.65. The van der Waals surface area contributed by atoms with Crippen molar-refractivity contribution >= 4 is 5.69 Å². The molecular formula is C14H19NO. The van der Waals surface area contributed by atoms with Gasteiger partial charge in [0.15, 0.2) is 0 Å². The van der Waals surface area contributed by atoms with Crippen molar-refractivity contribution in [2.45, 2.75) is 31.1 Å². The highest BCUT2D eigenvalue weighted by molar-refractivity contribution is 5.59. The van der Waals surface area contributed by atoms with Crippen LogP contribution in [0.2, 0.25) is 0 Å². The van der Waals surface area contributed by atoms with E-state index in [4.69, 9.17) is 0 Å². The van der Waals surface area contributed by atoms with E-state index < -0.39 is 0 Å². The summed E-state index contributed by atoms with van der Waals surface area (Å²) < 4.78 is 0. The van der Waals surface area contributed by atoms with Gasteiger partial charge < -0.3 is 10.0 Å². The number of nitrogens with zero attached hydrogens (tertiary/aromatic N) is 1. The average molecular weight is 217 g/mol. The van der Waals surface area contributed by atoms with E-state index in [0.717, 1.165) is 25.8 Å². The fourth-order valence-corrected chi connectivity index (χ4v) is 3.04. The van der Waals surface area contributed by atoms with Gasteiger partial charge in [0.05, 0.1) is 6.61 Å². The fourth-order valence-electron chi connectivity index (χ4n) is 3.04. The standard InChI is InChI=1S/C14H19NO/c1-15-8-5-11-9-12(3-4-13(11)15)14(10-16)6-2-7-14/h3-4,9,16H,2,5-8,10H2,1H3. The van der Waals surface area contributed by atoms with E-state index in [-0.39, 0.29) is 5.41 Å². The maximum Gasteiger partial charge on any atom is 0.0527 e. The van der Waals surface area contributed by atoms with Crippen LogP contribution in [0.1, 0.15) is 30.4 Å². The average Bonchev–Trinajstić information content (AvgIpc) is 2.60. The van der Waals surface area contributed by atoms with Crippen LogP contribution >= 0.6 is 0 Å². The summed E-state index contributed by atoms with van der Waals surface area (Å²) in [6, 6.07) is 6.78. The molecule has 16 heavy (non-hydrogen) atoms. The Morgan fingerprint density at radius 1 is 1.38 bits per heavy atom. The van der Waals surface area contributed by atoms with Crippen LogP contribution in [-0.4, -0.2) is 25.3 Å². The lowest BCUT2D eigenvalue weighted by Crippen LogP contribution is -2.37. The first-order valence-corrected chi connectivity index (χ1v) is 6.21. The minimum atomic E-state index is 0.0934. The van der Waals surface area contributed by atoms with Gasteiger partial charge in [-0.25, -0.2) is 0 Å². The van der Waals surface area contributed by atoms with Crippen LogP contribution in [0.3, 0.4) is 0 Å². The number of likely N-dealkylation sites (N-methyl/N-ethyl adjacent to an activating group) is 1. The van der Waals surface area contributed by atoms with Crippen molar-refractivity contribution in [3.05, 3.63) is 29.3 Å². The van der Waals surface area contributed by atoms with Crippen molar-refractivity contribution in [2.75, 3.05) is 25.1 Å². The van der Waals surface area contributed by atoms with E-state index in [9.17, 15) is 5.11 Å². The zero-order chi connectivity index (χ0) is 11.2. The molecule has 1 aromatic rings. The number of rotatable bonds is 2. The Morgan fingerprint density at radius 2 is 2.19 bits per heavy atom. The quantitative estimate of drug-likeness (QED) is 0.820. The summed E-state index contributed by atoms with van der Waals surface area (Å²) in [7, 11) is 2.15. The highest BCUT2D eigenvalue weighted by atomic mass is 16.3. The maximum absolute atomic E-state index is 9.58. The molecule has 0 unspecified atom stereocenters. The van der Waals surface area contributed by atoms with Gasteiger partial charge in [-0.15, -0.1) is 0 Å². The summed E-state index contributed by atoms with van der Waals surface area (Å²) in [6.45, 7) is 1.44. The number of hydrogen-bond acceptors (Lipinski definition) is 2. The molecule has 1 saturated carbocycles. The van der Waals surface area contributed by atoms with Crippen LogP contribution in [0.4, 0.5) is 5.69 Å². The molecule has 2 aliphatic rings. The molecule has 1 aliphatic heterocycles. The molecule has 1 aromatic carbocycles. The molecule has 1 N–H and O–H groups in total. The Kier molecular flexibility index (Phi) is 2.21. The molecule has 0 bridgehead atoms. The van der Waals surface area contributed by atoms with Gasteiger partial charge in [-0.3, -0.25) is 0 Å². The number of benzene rings is 1. The largest absolute Gasteiger partial charge is 0.395 e. The first kappa shape index (κ1) is 10.2. The first-order chi connectivity index (χ1) is 7.75. The lowest BCUT2D eigenvalue weighted by Gasteiger charge is -2.41. The molecule has 0 atom stereocenters. The number of aliphatic hydroxyl groups excluding tert-OH is 1. The molecule has 1 fully saturated rings. The Morgan fingerprint density at radius 3 is 2.81 bits per heavy atom. The van der Waals surface area contributed by atoms with Crippen molar-refractivity contribution in [3.63, 3.8) is 0 Å². The first-order valence-electron chi connectivity index (χ1n) is 6.21. The van der Waals surface area contributed by atoms with Crippen LogP contribution in [0.15, 0.2) is 18.2 Å². The highest BCUT2D eigenvalue weighted by Crippen LogP contribution is 2.44. The van der Waals surface area contributed by atoms with Gasteiger partial charge in [0.25, 0.3) is 0 Å². The molecule has 86 valence electrons. The van der Waals surface area contributed by atoms with Crippen molar-refractivity contribution in [1.82, 2.24) is 0 Å². The van der Waals surface area contributed by atoms with Crippen LogP contribution in [0, 0.1) is 0 Å². The van der Waals surface area contributed by atoms with Gasteiger partial charge >= 0.3 is 0 Å². The topological polar surface area (TPSA) is 23.5 Å². The van der Waals surface area contributed by atoms with Gasteiger partial charge in [-0.05, 0) is 36.5 Å². The van der Waals surface area contributed by atoms with Crippen LogP contribution < -0.4 is 4.90 Å². The number of fused-ring (bicyclic) bond motifs is 1. The van der Waals surface area contributed by atoms with E-state index in [1.807, 2.05) is 0 Å². The molecule has 0 amide bonds. The van der Waals surface area contributed by atoms with E-state index in [1.165, 1.54) is 23.2 Å². The Bertz CT molecular complexity index is 404. The summed E-state index contributed by atoms with van der Waals surface area (Å²) in [5.41, 5.74) is 4.28. The molecule has 1 aliphatic carbocycles. The molecular weight excluding hydrogens is 198 g/mol. The maximum atomic E-state index is 9.58. The highest BCUT2D eigenvalue weighted by Gasteiger charge is 2.38. The third-order valence-corrected chi connectivity index (χ3v) is 4.43. The minimum absolute atomic E-state index is 0.0934. The second-order valence-corrected chi connectivity index (χ2v) is 5.31. The van der Waals surface area contributed by atoms with Crippen LogP contribution in [0.25, 0.3) is 0 Å². The SMILES string of the molecule is CN1CCc2cc(C3(CO)CCC3)ccc21. The second kappa shape index (κ2) is 3.49. The predicted octanol–water partition coefficient (Wildman–Crippen LogP) is 2.09. The summed E-state index contributed by atoms with van der Waals surface area (Å²) in [5.74, 6) is 0. The molecule has 0 spiro atoms. The lowest BCUT2D eigenvalue weighted by molar-refractivity contribution is 0.120. The molecule has 2 heteroatoms. The summed E-state index contributed by atoms with van der Waals surface area (Å²) in [5, 5.41) is 9.58. The van der Waals surface area contributed by atoms with Crippen LogP contribution in [-0.2, 0) is 11.8 Å². The monoisotopic (exact) mass is 217 g/mol. The van der Waals surface area contributed by atoms with Crippen LogP contribution in [0.5, 0.6) is 0 Å². The molecule has 3 rings (SSSR count).